The highest BCUT2D eigenvalue weighted by Crippen LogP contribution is 2.38. The number of ether oxygens (including phenoxy) is 1. The number of fused-ring (bicyclic) bond motifs is 1. The van der Waals surface area contributed by atoms with Gasteiger partial charge < -0.3 is 4.74 Å². The van der Waals surface area contributed by atoms with Crippen LogP contribution in [0.5, 0.6) is 0 Å². The third-order valence-electron chi connectivity index (χ3n) is 6.10. The van der Waals surface area contributed by atoms with Gasteiger partial charge in [0.25, 0.3) is 0 Å². The Balaban J connectivity index is 1.93. The van der Waals surface area contributed by atoms with E-state index in [1.807, 2.05) is 54.0 Å². The second-order valence-electron chi connectivity index (χ2n) is 8.60. The number of aromatic nitrogens is 2. The Morgan fingerprint density at radius 2 is 1.76 bits per heavy atom. The second kappa shape index (κ2) is 12.4. The number of allylic oxidation sites excluding steroid dienone is 1. The van der Waals surface area contributed by atoms with Gasteiger partial charge in [-0.3, -0.25) is 0 Å². The van der Waals surface area contributed by atoms with Gasteiger partial charge in [0.15, 0.2) is 9.84 Å². The monoisotopic (exact) mass is 658 g/mol. The summed E-state index contributed by atoms with van der Waals surface area (Å²) in [6.07, 6.45) is 7.35. The average molecular weight is 658 g/mol. The van der Waals surface area contributed by atoms with Gasteiger partial charge in [-0.25, -0.2) is 17.7 Å². The predicted molar refractivity (Wildman–Crippen MR) is 165 cm³/mol. The normalized spacial score (nSPS) is 12.9. The molecular formula is C29H28IN2O4PS. The predicted octanol–water partition coefficient (Wildman–Crippen LogP) is 7.18. The topological polar surface area (TPSA) is 78.3 Å². The summed E-state index contributed by atoms with van der Waals surface area (Å²) in [4.78, 5) is 12.0. The standard InChI is InChI=1S/C29H28IN2O4PS/c1-4-24(25-8-6-7-9-27(25)38(3,34)35)29(22-15-16-26-23(18-22)19-31-32(26)37-30)21-13-10-20(11-14-21)12-17-28(33)36-5-2/h6-19,37H,4-5H2,1-3H3/b17-12+,29-24+. The van der Waals surface area contributed by atoms with Gasteiger partial charge >= 0.3 is 5.97 Å². The molecule has 4 aromatic rings. The number of benzene rings is 3. The molecule has 0 aliphatic carbocycles. The zero-order chi connectivity index (χ0) is 27.3. The molecule has 0 aliphatic heterocycles. The molecule has 38 heavy (non-hydrogen) atoms. The second-order valence-corrected chi connectivity index (χ2v) is 12.6. The SMILES string of the molecule is CCOC(=O)/C=C/c1ccc(/C(=C(/CC)c2ccccc2S(C)(=O)=O)c2ccc3c(cnn3PI)c2)cc1. The van der Waals surface area contributed by atoms with Gasteiger partial charge in [-0.2, -0.15) is 5.10 Å². The van der Waals surface area contributed by atoms with Gasteiger partial charge in [-0.05, 0) is 93.1 Å². The van der Waals surface area contributed by atoms with E-state index >= 15 is 0 Å². The van der Waals surface area contributed by atoms with Crippen LogP contribution >= 0.6 is 28.4 Å². The van der Waals surface area contributed by atoms with Crippen LogP contribution < -0.4 is 0 Å². The number of rotatable bonds is 9. The molecule has 0 fully saturated rings. The smallest absolute Gasteiger partial charge is 0.330 e. The number of hydrogen-bond acceptors (Lipinski definition) is 5. The van der Waals surface area contributed by atoms with Crippen molar-refractivity contribution in [1.29, 1.82) is 0 Å². The summed E-state index contributed by atoms with van der Waals surface area (Å²) in [5.41, 5.74) is 6.41. The molecule has 0 aliphatic rings. The van der Waals surface area contributed by atoms with Gasteiger partial charge in [0, 0.05) is 17.7 Å². The van der Waals surface area contributed by atoms with Crippen LogP contribution in [0.15, 0.2) is 83.9 Å². The van der Waals surface area contributed by atoms with E-state index in [9.17, 15) is 13.2 Å². The van der Waals surface area contributed by atoms with Crippen molar-refractivity contribution in [3.05, 3.63) is 101 Å². The highest BCUT2D eigenvalue weighted by molar-refractivity contribution is 14.2. The number of esters is 1. The number of nitrogens with zero attached hydrogens (tertiary/aromatic N) is 2. The lowest BCUT2D eigenvalue weighted by Crippen LogP contribution is -2.04. The minimum absolute atomic E-state index is 0.309. The first-order valence-electron chi connectivity index (χ1n) is 12.1. The summed E-state index contributed by atoms with van der Waals surface area (Å²) in [6, 6.07) is 21.3. The summed E-state index contributed by atoms with van der Waals surface area (Å²) >= 11 is 2.31. The molecule has 9 heteroatoms. The first-order valence-corrected chi connectivity index (χ1v) is 18.0. The molecule has 0 radical (unpaired) electrons. The van der Waals surface area contributed by atoms with Crippen LogP contribution in [0.25, 0.3) is 28.1 Å². The number of hydrogen-bond donors (Lipinski definition) is 0. The number of sulfone groups is 1. The van der Waals surface area contributed by atoms with Crippen LogP contribution in [0.3, 0.4) is 0 Å². The first kappa shape index (κ1) is 28.2. The zero-order valence-electron chi connectivity index (χ0n) is 21.3. The van der Waals surface area contributed by atoms with E-state index in [2.05, 4.69) is 45.3 Å². The fourth-order valence-corrected chi connectivity index (χ4v) is 6.89. The Morgan fingerprint density at radius 1 is 1.05 bits per heavy atom. The Kier molecular flexibility index (Phi) is 9.18. The van der Waals surface area contributed by atoms with E-state index in [1.54, 1.807) is 25.1 Å². The Labute approximate surface area is 238 Å². The Hall–Kier alpha value is -2.81. The maximum atomic E-state index is 12.7. The van der Waals surface area contributed by atoms with Gasteiger partial charge in [-0.1, -0.05) is 55.5 Å². The number of carbonyl (C=O) groups is 1. The summed E-state index contributed by atoms with van der Waals surface area (Å²) in [6.45, 7) is 4.14. The molecular weight excluding hydrogens is 630 g/mol. The molecule has 4 rings (SSSR count). The van der Waals surface area contributed by atoms with Gasteiger partial charge in [-0.15, -0.1) is 0 Å². The highest BCUT2D eigenvalue weighted by atomic mass is 127. The highest BCUT2D eigenvalue weighted by Gasteiger charge is 2.20. The lowest BCUT2D eigenvalue weighted by molar-refractivity contribution is -0.137. The van der Waals surface area contributed by atoms with Crippen LogP contribution in [0, 0.1) is 0 Å². The number of halogens is 1. The lowest BCUT2D eigenvalue weighted by Gasteiger charge is -2.19. The molecule has 1 unspecified atom stereocenters. The summed E-state index contributed by atoms with van der Waals surface area (Å²) in [5, 5.41) is 5.52. The third-order valence-corrected chi connectivity index (χ3v) is 9.14. The maximum absolute atomic E-state index is 12.7. The van der Waals surface area contributed by atoms with Gasteiger partial charge in [0.1, 0.15) is 0 Å². The van der Waals surface area contributed by atoms with Crippen molar-refractivity contribution in [1.82, 2.24) is 9.55 Å². The van der Waals surface area contributed by atoms with E-state index in [0.29, 0.717) is 29.9 Å². The van der Waals surface area contributed by atoms with Gasteiger partial charge in [0.05, 0.1) is 29.6 Å². The fourth-order valence-electron chi connectivity index (χ4n) is 4.43. The maximum Gasteiger partial charge on any atom is 0.330 e. The summed E-state index contributed by atoms with van der Waals surface area (Å²) in [7, 11) is -3.45. The molecule has 3 aromatic carbocycles. The molecule has 0 spiro atoms. The molecule has 0 saturated heterocycles. The molecule has 1 atom stereocenters. The minimum Gasteiger partial charge on any atom is -0.463 e. The molecule has 0 bridgehead atoms. The summed E-state index contributed by atoms with van der Waals surface area (Å²) in [5.74, 6) is -0.385. The van der Waals surface area contributed by atoms with Crippen LogP contribution in [0.1, 0.15) is 42.5 Å². The van der Waals surface area contributed by atoms with E-state index < -0.39 is 9.84 Å². The van der Waals surface area contributed by atoms with Crippen LogP contribution in [-0.2, 0) is 19.4 Å². The molecule has 1 heterocycles. The molecule has 1 aromatic heterocycles. The van der Waals surface area contributed by atoms with Crippen molar-refractivity contribution in [3.8, 4) is 0 Å². The molecule has 196 valence electrons. The first-order chi connectivity index (χ1) is 18.3. The van der Waals surface area contributed by atoms with Gasteiger partial charge in [0.2, 0.25) is 0 Å². The van der Waals surface area contributed by atoms with Crippen molar-refractivity contribution in [2.45, 2.75) is 25.2 Å². The number of carbonyl (C=O) groups excluding carboxylic acids is 1. The largest absolute Gasteiger partial charge is 0.463 e. The van der Waals surface area contributed by atoms with E-state index in [0.717, 1.165) is 38.7 Å². The molecule has 0 amide bonds. The van der Waals surface area contributed by atoms with Crippen LogP contribution in [0.4, 0.5) is 0 Å². The van der Waals surface area contributed by atoms with Crippen molar-refractivity contribution < 1.29 is 17.9 Å². The zero-order valence-corrected chi connectivity index (χ0v) is 25.3. The van der Waals surface area contributed by atoms with Crippen LogP contribution in [0.2, 0.25) is 0 Å². The Morgan fingerprint density at radius 3 is 2.42 bits per heavy atom. The molecule has 0 N–H and O–H groups in total. The average Bonchev–Trinajstić information content (AvgIpc) is 3.33. The minimum atomic E-state index is -3.45. The Bertz CT molecular complexity index is 1640. The van der Waals surface area contributed by atoms with Crippen molar-refractivity contribution in [2.75, 3.05) is 12.9 Å². The van der Waals surface area contributed by atoms with E-state index in [4.69, 9.17) is 4.74 Å². The third kappa shape index (κ3) is 6.25. The van der Waals surface area contributed by atoms with Crippen molar-refractivity contribution in [3.63, 3.8) is 0 Å². The quantitative estimate of drug-likeness (QED) is 0.0627. The van der Waals surface area contributed by atoms with E-state index in [-0.39, 0.29) is 5.97 Å². The van der Waals surface area contributed by atoms with Crippen LogP contribution in [-0.4, -0.2) is 36.8 Å². The van der Waals surface area contributed by atoms with Crippen molar-refractivity contribution >= 4 is 72.3 Å². The summed E-state index contributed by atoms with van der Waals surface area (Å²) < 4.78 is 32.4. The molecule has 0 saturated carbocycles. The molecule has 6 nitrogen and oxygen atoms in total. The fraction of sp³-hybridized carbons (Fsp3) is 0.172. The van der Waals surface area contributed by atoms with E-state index in [1.165, 1.54) is 12.3 Å². The lowest BCUT2D eigenvalue weighted by atomic mass is 9.87. The van der Waals surface area contributed by atoms with Crippen molar-refractivity contribution in [2.24, 2.45) is 0 Å².